The molecule has 80 valence electrons. The third-order valence-electron chi connectivity index (χ3n) is 1.57. The summed E-state index contributed by atoms with van der Waals surface area (Å²) in [5.74, 6) is -0.863. The zero-order valence-corrected chi connectivity index (χ0v) is 9.26. The molecule has 0 saturated heterocycles. The molecular weight excluding hydrogens is 214 g/mol. The first-order chi connectivity index (χ1) is 7.13. The van der Waals surface area contributed by atoms with Crippen LogP contribution in [0.4, 0.5) is 0 Å². The molecule has 0 atom stereocenters. The number of nitrogens with one attached hydrogen (secondary N) is 1. The average molecular weight is 225 g/mol. The van der Waals surface area contributed by atoms with E-state index in [2.05, 4.69) is 10.1 Å². The van der Waals surface area contributed by atoms with E-state index in [-0.39, 0.29) is 11.6 Å². The van der Waals surface area contributed by atoms with Crippen LogP contribution >= 0.6 is 11.3 Å². The standard InChI is InChI=1S/C10H11NO3S/c1-7(12)11-9(10(13)14-2)5-8-3-4-15-6-8/h3-6H,1-2H3,(H,11,12). The number of hydrogen-bond acceptors (Lipinski definition) is 4. The second-order valence-electron chi connectivity index (χ2n) is 2.79. The topological polar surface area (TPSA) is 55.4 Å². The second kappa shape index (κ2) is 5.31. The molecule has 0 saturated carbocycles. The first-order valence-corrected chi connectivity index (χ1v) is 5.17. The van der Waals surface area contributed by atoms with Crippen LogP contribution in [0.3, 0.4) is 0 Å². The summed E-state index contributed by atoms with van der Waals surface area (Å²) in [5.41, 5.74) is 0.998. The fourth-order valence-corrected chi connectivity index (χ4v) is 1.59. The van der Waals surface area contributed by atoms with Crippen molar-refractivity contribution in [2.24, 2.45) is 0 Å². The molecule has 1 N–H and O–H groups in total. The highest BCUT2D eigenvalue weighted by molar-refractivity contribution is 7.08. The highest BCUT2D eigenvalue weighted by Gasteiger charge is 2.10. The van der Waals surface area contributed by atoms with Gasteiger partial charge in [-0.1, -0.05) is 0 Å². The summed E-state index contributed by atoms with van der Waals surface area (Å²) < 4.78 is 4.54. The van der Waals surface area contributed by atoms with Gasteiger partial charge in [0.05, 0.1) is 7.11 Å². The number of ether oxygens (including phenoxy) is 1. The first kappa shape index (κ1) is 11.5. The third kappa shape index (κ3) is 3.55. The summed E-state index contributed by atoms with van der Waals surface area (Å²) >= 11 is 1.51. The van der Waals surface area contributed by atoms with Crippen LogP contribution in [0.15, 0.2) is 22.5 Å². The number of methoxy groups -OCH3 is 1. The highest BCUT2D eigenvalue weighted by atomic mass is 32.1. The molecule has 1 amide bonds. The second-order valence-corrected chi connectivity index (χ2v) is 3.57. The summed E-state index contributed by atoms with van der Waals surface area (Å²) in [6, 6.07) is 1.84. The van der Waals surface area contributed by atoms with Crippen LogP contribution in [-0.2, 0) is 14.3 Å². The molecule has 0 aliphatic carbocycles. The number of carbonyl (C=O) groups excluding carboxylic acids is 2. The van der Waals surface area contributed by atoms with Gasteiger partial charge >= 0.3 is 5.97 Å². The van der Waals surface area contributed by atoms with Crippen LogP contribution in [0.5, 0.6) is 0 Å². The quantitative estimate of drug-likeness (QED) is 0.625. The Labute approximate surface area is 91.6 Å². The number of rotatable bonds is 3. The normalized spacial score (nSPS) is 10.9. The van der Waals surface area contributed by atoms with E-state index in [1.165, 1.54) is 25.4 Å². The third-order valence-corrected chi connectivity index (χ3v) is 2.27. The molecule has 0 bridgehead atoms. The van der Waals surface area contributed by atoms with Gasteiger partial charge in [0.1, 0.15) is 5.70 Å². The predicted octanol–water partition coefficient (Wildman–Crippen LogP) is 1.40. The van der Waals surface area contributed by atoms with Crippen LogP contribution in [0, 0.1) is 0 Å². The van der Waals surface area contributed by atoms with Gasteiger partial charge < -0.3 is 10.1 Å². The lowest BCUT2D eigenvalue weighted by molar-refractivity contribution is -0.137. The molecule has 4 nitrogen and oxygen atoms in total. The van der Waals surface area contributed by atoms with Crippen molar-refractivity contribution in [2.45, 2.75) is 6.92 Å². The van der Waals surface area contributed by atoms with Gasteiger partial charge in [-0.3, -0.25) is 4.79 Å². The number of amides is 1. The maximum atomic E-state index is 11.3. The van der Waals surface area contributed by atoms with Crippen molar-refractivity contribution in [2.75, 3.05) is 7.11 Å². The van der Waals surface area contributed by atoms with Crippen LogP contribution in [0.1, 0.15) is 12.5 Å². The molecular formula is C10H11NO3S. The summed E-state index contributed by atoms with van der Waals surface area (Å²) in [6.07, 6.45) is 1.57. The lowest BCUT2D eigenvalue weighted by atomic mass is 10.2. The Morgan fingerprint density at radius 1 is 1.53 bits per heavy atom. The lowest BCUT2D eigenvalue weighted by Gasteiger charge is -2.04. The van der Waals surface area contributed by atoms with Crippen molar-refractivity contribution in [3.05, 3.63) is 28.1 Å². The maximum Gasteiger partial charge on any atom is 0.354 e. The molecule has 0 fully saturated rings. The van der Waals surface area contributed by atoms with Gasteiger partial charge in [0.15, 0.2) is 0 Å². The number of hydrogen-bond donors (Lipinski definition) is 1. The summed E-state index contributed by atoms with van der Waals surface area (Å²) in [7, 11) is 1.27. The van der Waals surface area contributed by atoms with E-state index < -0.39 is 5.97 Å². The van der Waals surface area contributed by atoms with Crippen molar-refractivity contribution in [3.63, 3.8) is 0 Å². The molecule has 0 spiro atoms. The van der Waals surface area contributed by atoms with E-state index in [0.717, 1.165) is 5.56 Å². The van der Waals surface area contributed by atoms with Crippen LogP contribution in [0.2, 0.25) is 0 Å². The summed E-state index contributed by atoms with van der Waals surface area (Å²) in [5, 5.41) is 6.17. The predicted molar refractivity (Wildman–Crippen MR) is 58.1 cm³/mol. The summed E-state index contributed by atoms with van der Waals surface area (Å²) in [6.45, 7) is 1.34. The molecule has 15 heavy (non-hydrogen) atoms. The van der Waals surface area contributed by atoms with Gasteiger partial charge in [0, 0.05) is 6.92 Å². The zero-order valence-electron chi connectivity index (χ0n) is 8.44. The average Bonchev–Trinajstić information content (AvgIpc) is 2.67. The van der Waals surface area contributed by atoms with Gasteiger partial charge in [-0.2, -0.15) is 11.3 Å². The number of thiophene rings is 1. The molecule has 5 heteroatoms. The lowest BCUT2D eigenvalue weighted by Crippen LogP contribution is -2.25. The van der Waals surface area contributed by atoms with Crippen molar-refractivity contribution >= 4 is 29.3 Å². The molecule has 0 radical (unpaired) electrons. The van der Waals surface area contributed by atoms with Crippen molar-refractivity contribution in [3.8, 4) is 0 Å². The van der Waals surface area contributed by atoms with Crippen LogP contribution in [0.25, 0.3) is 6.08 Å². The van der Waals surface area contributed by atoms with E-state index in [1.807, 2.05) is 16.8 Å². The SMILES string of the molecule is COC(=O)C(=Cc1ccsc1)NC(C)=O. The van der Waals surface area contributed by atoms with Gasteiger partial charge in [-0.25, -0.2) is 4.79 Å². The maximum absolute atomic E-state index is 11.3. The fraction of sp³-hybridized carbons (Fsp3) is 0.200. The van der Waals surface area contributed by atoms with E-state index in [1.54, 1.807) is 6.08 Å². The minimum absolute atomic E-state index is 0.142. The van der Waals surface area contributed by atoms with Crippen molar-refractivity contribution in [1.82, 2.24) is 5.32 Å². The molecule has 0 aliphatic rings. The largest absolute Gasteiger partial charge is 0.464 e. The smallest absolute Gasteiger partial charge is 0.354 e. The molecule has 1 heterocycles. The van der Waals surface area contributed by atoms with E-state index in [0.29, 0.717) is 0 Å². The molecule has 0 aromatic carbocycles. The minimum atomic E-state index is -0.559. The Balaban J connectivity index is 2.90. The Kier molecular flexibility index (Phi) is 4.05. The van der Waals surface area contributed by atoms with Gasteiger partial charge in [0.2, 0.25) is 5.91 Å². The molecule has 1 aromatic heterocycles. The fourth-order valence-electron chi connectivity index (χ4n) is 0.969. The monoisotopic (exact) mass is 225 g/mol. The summed E-state index contributed by atoms with van der Waals surface area (Å²) in [4.78, 5) is 22.1. The number of esters is 1. The Bertz CT molecular complexity index is 381. The minimum Gasteiger partial charge on any atom is -0.464 e. The molecule has 0 unspecified atom stereocenters. The van der Waals surface area contributed by atoms with Crippen LogP contribution in [-0.4, -0.2) is 19.0 Å². The molecule has 1 aromatic rings. The van der Waals surface area contributed by atoms with Crippen molar-refractivity contribution in [1.29, 1.82) is 0 Å². The van der Waals surface area contributed by atoms with E-state index in [4.69, 9.17) is 0 Å². The van der Waals surface area contributed by atoms with Gasteiger partial charge in [0.25, 0.3) is 0 Å². The van der Waals surface area contributed by atoms with E-state index in [9.17, 15) is 9.59 Å². The molecule has 1 rings (SSSR count). The van der Waals surface area contributed by atoms with E-state index >= 15 is 0 Å². The van der Waals surface area contributed by atoms with Gasteiger partial charge in [-0.05, 0) is 28.5 Å². The Hall–Kier alpha value is -1.62. The molecule has 0 aliphatic heterocycles. The highest BCUT2D eigenvalue weighted by Crippen LogP contribution is 2.10. The Morgan fingerprint density at radius 2 is 2.27 bits per heavy atom. The van der Waals surface area contributed by atoms with Crippen LogP contribution < -0.4 is 5.32 Å². The Morgan fingerprint density at radius 3 is 2.73 bits per heavy atom. The zero-order chi connectivity index (χ0) is 11.3. The van der Waals surface area contributed by atoms with Gasteiger partial charge in [-0.15, -0.1) is 0 Å². The van der Waals surface area contributed by atoms with Crippen molar-refractivity contribution < 1.29 is 14.3 Å². The number of carbonyl (C=O) groups is 2. The first-order valence-electron chi connectivity index (χ1n) is 4.23.